The normalized spacial score (nSPS) is 23.5. The molecular weight excluding hydrogens is 154 g/mol. The van der Waals surface area contributed by atoms with Crippen LogP contribution in [0.25, 0.3) is 0 Å². The van der Waals surface area contributed by atoms with Gasteiger partial charge in [-0.05, 0) is 33.1 Å². The van der Waals surface area contributed by atoms with Gasteiger partial charge in [0.1, 0.15) is 5.60 Å². The van der Waals surface area contributed by atoms with E-state index >= 15 is 0 Å². The number of carbonyl (C=O) groups excluding carboxylic acids is 1. The van der Waals surface area contributed by atoms with Gasteiger partial charge in [0.25, 0.3) is 0 Å². The lowest BCUT2D eigenvalue weighted by atomic mass is 10.2. The van der Waals surface area contributed by atoms with Gasteiger partial charge in [0.2, 0.25) is 0 Å². The zero-order chi connectivity index (χ0) is 9.35. The second-order valence-corrected chi connectivity index (χ2v) is 4.26. The summed E-state index contributed by atoms with van der Waals surface area (Å²) in [6, 6.07) is 1.09. The van der Waals surface area contributed by atoms with E-state index in [1.54, 1.807) is 0 Å². The molecule has 3 heteroatoms. The van der Waals surface area contributed by atoms with Crippen LogP contribution in [-0.4, -0.2) is 11.7 Å². The second kappa shape index (κ2) is 2.96. The number of alkyl carbamates (subject to hydrolysis) is 1. The fourth-order valence-corrected chi connectivity index (χ4v) is 0.880. The second-order valence-electron chi connectivity index (χ2n) is 4.26. The molecule has 69 valence electrons. The monoisotopic (exact) mass is 170 g/mol. The van der Waals surface area contributed by atoms with Crippen molar-refractivity contribution in [1.29, 1.82) is 0 Å². The molecule has 0 heterocycles. The Bertz CT molecular complexity index is 183. The Balaban J connectivity index is 2.21. The van der Waals surface area contributed by atoms with Crippen LogP contribution in [-0.2, 0) is 4.74 Å². The molecule has 0 aromatic heterocycles. The number of amides is 1. The van der Waals surface area contributed by atoms with Crippen molar-refractivity contribution in [3.05, 3.63) is 6.04 Å². The van der Waals surface area contributed by atoms with Crippen LogP contribution in [0.15, 0.2) is 0 Å². The van der Waals surface area contributed by atoms with Crippen molar-refractivity contribution in [1.82, 2.24) is 5.32 Å². The largest absolute Gasteiger partial charge is 0.444 e. The lowest BCUT2D eigenvalue weighted by Gasteiger charge is -2.19. The number of carbonyl (C=O) groups is 1. The maximum Gasteiger partial charge on any atom is 0.408 e. The highest BCUT2D eigenvalue weighted by molar-refractivity contribution is 5.70. The highest BCUT2D eigenvalue weighted by Gasteiger charge is 2.36. The summed E-state index contributed by atoms with van der Waals surface area (Å²) in [6.45, 7) is 7.64. The predicted molar refractivity (Wildman–Crippen MR) is 46.4 cm³/mol. The van der Waals surface area contributed by atoms with E-state index in [0.29, 0.717) is 5.92 Å². The van der Waals surface area contributed by atoms with Gasteiger partial charge in [-0.3, -0.25) is 0 Å². The molecule has 3 nitrogen and oxygen atoms in total. The van der Waals surface area contributed by atoms with Crippen molar-refractivity contribution in [2.45, 2.75) is 39.7 Å². The molecule has 0 unspecified atom stereocenters. The molecule has 0 aromatic rings. The molecule has 1 saturated carbocycles. The van der Waals surface area contributed by atoms with Crippen LogP contribution < -0.4 is 5.32 Å². The Kier molecular flexibility index (Phi) is 2.31. The number of rotatable bonds is 1. The van der Waals surface area contributed by atoms with Gasteiger partial charge in [-0.15, -0.1) is 0 Å². The highest BCUT2D eigenvalue weighted by Crippen LogP contribution is 2.37. The Morgan fingerprint density at radius 1 is 1.58 bits per heavy atom. The van der Waals surface area contributed by atoms with Crippen molar-refractivity contribution in [3.8, 4) is 0 Å². The standard InChI is InChI=1S/C9H16NO2/c1-6-5-7(6)10-8(11)12-9(2,3)4/h6H,5H2,1-4H3,(H,10,11)/t6-/m0/s1. The summed E-state index contributed by atoms with van der Waals surface area (Å²) in [5.41, 5.74) is -0.400. The van der Waals surface area contributed by atoms with Crippen molar-refractivity contribution in [3.63, 3.8) is 0 Å². The molecule has 1 N–H and O–H groups in total. The van der Waals surface area contributed by atoms with E-state index in [-0.39, 0.29) is 6.09 Å². The quantitative estimate of drug-likeness (QED) is 0.654. The summed E-state index contributed by atoms with van der Waals surface area (Å²) in [4.78, 5) is 11.1. The lowest BCUT2D eigenvalue weighted by Crippen LogP contribution is -2.31. The first kappa shape index (κ1) is 9.36. The summed E-state index contributed by atoms with van der Waals surface area (Å²) >= 11 is 0. The Hall–Kier alpha value is -0.730. The van der Waals surface area contributed by atoms with Crippen molar-refractivity contribution < 1.29 is 9.53 Å². The van der Waals surface area contributed by atoms with E-state index in [2.05, 4.69) is 12.2 Å². The number of ether oxygens (including phenoxy) is 1. The average molecular weight is 170 g/mol. The highest BCUT2D eigenvalue weighted by atomic mass is 16.6. The van der Waals surface area contributed by atoms with E-state index < -0.39 is 5.60 Å². The fraction of sp³-hybridized carbons (Fsp3) is 0.778. The molecule has 0 aromatic carbocycles. The molecule has 0 saturated heterocycles. The van der Waals surface area contributed by atoms with Gasteiger partial charge >= 0.3 is 6.09 Å². The van der Waals surface area contributed by atoms with Gasteiger partial charge in [0, 0.05) is 0 Å². The van der Waals surface area contributed by atoms with Crippen LogP contribution in [0.4, 0.5) is 4.79 Å². The molecule has 0 aliphatic heterocycles. The minimum absolute atomic E-state index is 0.332. The number of hydrogen-bond donors (Lipinski definition) is 1. The summed E-state index contributed by atoms with van der Waals surface area (Å²) < 4.78 is 5.07. The van der Waals surface area contributed by atoms with E-state index in [9.17, 15) is 4.79 Å². The minimum atomic E-state index is -0.400. The molecular formula is C9H16NO2. The molecule has 1 atom stereocenters. The molecule has 1 aliphatic carbocycles. The smallest absolute Gasteiger partial charge is 0.408 e. The summed E-state index contributed by atoms with van der Waals surface area (Å²) in [5.74, 6) is 0.539. The predicted octanol–water partition coefficient (Wildman–Crippen LogP) is 2.08. The molecule has 1 rings (SSSR count). The molecule has 1 aliphatic rings. The van der Waals surface area contributed by atoms with Gasteiger partial charge < -0.3 is 10.1 Å². The summed E-state index contributed by atoms with van der Waals surface area (Å²) in [7, 11) is 0. The lowest BCUT2D eigenvalue weighted by molar-refractivity contribution is 0.0539. The summed E-state index contributed by atoms with van der Waals surface area (Å²) in [5, 5.41) is 2.72. The van der Waals surface area contributed by atoms with Gasteiger partial charge in [-0.2, -0.15) is 0 Å². The van der Waals surface area contributed by atoms with Crippen LogP contribution in [0.1, 0.15) is 34.1 Å². The van der Waals surface area contributed by atoms with Crippen molar-refractivity contribution >= 4 is 6.09 Å². The van der Waals surface area contributed by atoms with Crippen molar-refractivity contribution in [2.24, 2.45) is 5.92 Å². The van der Waals surface area contributed by atoms with Crippen LogP contribution in [0.5, 0.6) is 0 Å². The van der Waals surface area contributed by atoms with E-state index in [1.807, 2.05) is 20.8 Å². The van der Waals surface area contributed by atoms with Crippen LogP contribution in [0.2, 0.25) is 0 Å². The van der Waals surface area contributed by atoms with Crippen molar-refractivity contribution in [2.75, 3.05) is 0 Å². The number of nitrogens with one attached hydrogen (secondary N) is 1. The Labute approximate surface area is 73.5 Å². The Morgan fingerprint density at radius 2 is 2.08 bits per heavy atom. The minimum Gasteiger partial charge on any atom is -0.444 e. The molecule has 1 amide bonds. The molecule has 1 radical (unpaired) electrons. The molecule has 0 spiro atoms. The topological polar surface area (TPSA) is 38.3 Å². The maximum atomic E-state index is 11.1. The van der Waals surface area contributed by atoms with Gasteiger partial charge in [-0.1, -0.05) is 6.92 Å². The third-order valence-corrected chi connectivity index (χ3v) is 1.62. The van der Waals surface area contributed by atoms with Crippen LogP contribution in [0, 0.1) is 12.0 Å². The molecule has 12 heavy (non-hydrogen) atoms. The van der Waals surface area contributed by atoms with E-state index in [4.69, 9.17) is 4.74 Å². The third-order valence-electron chi connectivity index (χ3n) is 1.62. The Morgan fingerprint density at radius 3 is 2.42 bits per heavy atom. The van der Waals surface area contributed by atoms with Crippen LogP contribution >= 0.6 is 0 Å². The first-order chi connectivity index (χ1) is 5.38. The SMILES string of the molecule is C[C@H]1C[C]1NC(=O)OC(C)(C)C. The van der Waals surface area contributed by atoms with E-state index in [0.717, 1.165) is 12.5 Å². The third kappa shape index (κ3) is 3.11. The van der Waals surface area contributed by atoms with Gasteiger partial charge in [0.05, 0.1) is 6.04 Å². The van der Waals surface area contributed by atoms with E-state index in [1.165, 1.54) is 0 Å². The average Bonchev–Trinajstić information content (AvgIpc) is 2.40. The van der Waals surface area contributed by atoms with Crippen LogP contribution in [0.3, 0.4) is 0 Å². The van der Waals surface area contributed by atoms with Gasteiger partial charge in [0.15, 0.2) is 0 Å². The maximum absolute atomic E-state index is 11.1. The molecule has 1 fully saturated rings. The number of hydrogen-bond acceptors (Lipinski definition) is 2. The zero-order valence-electron chi connectivity index (χ0n) is 8.10. The first-order valence-electron chi connectivity index (χ1n) is 4.24. The summed E-state index contributed by atoms with van der Waals surface area (Å²) in [6.07, 6.45) is 0.668. The first-order valence-corrected chi connectivity index (χ1v) is 4.24. The van der Waals surface area contributed by atoms with Gasteiger partial charge in [-0.25, -0.2) is 4.79 Å². The zero-order valence-corrected chi connectivity index (χ0v) is 8.10. The molecule has 0 bridgehead atoms. The fourth-order valence-electron chi connectivity index (χ4n) is 0.880.